The Balaban J connectivity index is 1.69. The number of rotatable bonds is 3. The average Bonchev–Trinajstić information content (AvgIpc) is 2.76. The average molecular weight is 329 g/mol. The van der Waals surface area contributed by atoms with Gasteiger partial charge in [-0.2, -0.15) is 0 Å². The summed E-state index contributed by atoms with van der Waals surface area (Å²) in [7, 11) is 1.74. The number of likely N-dealkylation sites (tertiary alicyclic amines) is 1. The van der Waals surface area contributed by atoms with Crippen molar-refractivity contribution in [2.45, 2.75) is 51.7 Å². The highest BCUT2D eigenvalue weighted by atomic mass is 16.7. The van der Waals surface area contributed by atoms with E-state index >= 15 is 0 Å². The van der Waals surface area contributed by atoms with Gasteiger partial charge in [0, 0.05) is 11.5 Å². The quantitative estimate of drug-likeness (QED) is 0.631. The van der Waals surface area contributed by atoms with Gasteiger partial charge in [-0.3, -0.25) is 4.79 Å². The highest BCUT2D eigenvalue weighted by Gasteiger charge is 2.51. The van der Waals surface area contributed by atoms with E-state index < -0.39 is 0 Å². The van der Waals surface area contributed by atoms with Crippen LogP contribution in [0.1, 0.15) is 50.9 Å². The van der Waals surface area contributed by atoms with Gasteiger partial charge >= 0.3 is 7.12 Å². The fraction of sp³-hybridized carbons (Fsp3) is 0.632. The molecule has 130 valence electrons. The molecule has 5 heteroatoms. The Labute approximate surface area is 145 Å². The number of ketones is 1. The molecule has 0 spiro atoms. The van der Waals surface area contributed by atoms with Crippen LogP contribution in [0.25, 0.3) is 0 Å². The molecule has 0 atom stereocenters. The molecule has 2 fully saturated rings. The summed E-state index contributed by atoms with van der Waals surface area (Å²) < 4.78 is 12.1. The monoisotopic (exact) mass is 329 g/mol. The van der Waals surface area contributed by atoms with Gasteiger partial charge in [0.1, 0.15) is 0 Å². The van der Waals surface area contributed by atoms with Crippen LogP contribution in [-0.4, -0.2) is 49.1 Å². The van der Waals surface area contributed by atoms with Crippen molar-refractivity contribution in [1.82, 2.24) is 4.90 Å². The Morgan fingerprint density at radius 1 is 1.04 bits per heavy atom. The predicted molar refractivity (Wildman–Crippen MR) is 96.7 cm³/mol. The summed E-state index contributed by atoms with van der Waals surface area (Å²) >= 11 is 0. The number of nitrogens with zero attached hydrogens (tertiary/aromatic N) is 1. The number of hydrogen-bond donors (Lipinski definition) is 0. The maximum absolute atomic E-state index is 12.7. The third kappa shape index (κ3) is 3.30. The second kappa shape index (κ2) is 6.28. The number of carbonyl (C=O) groups excluding carboxylic acids is 1. The van der Waals surface area contributed by atoms with Crippen molar-refractivity contribution in [2.24, 2.45) is 5.92 Å². The zero-order chi connectivity index (χ0) is 17.5. The fourth-order valence-corrected chi connectivity index (χ4v) is 3.29. The van der Waals surface area contributed by atoms with E-state index in [-0.39, 0.29) is 30.0 Å². The highest BCUT2D eigenvalue weighted by molar-refractivity contribution is 6.62. The largest absolute Gasteiger partial charge is 0.494 e. The molecule has 0 aromatic heterocycles. The minimum atomic E-state index is -0.373. The van der Waals surface area contributed by atoms with Gasteiger partial charge in [-0.1, -0.05) is 24.3 Å². The van der Waals surface area contributed by atoms with Gasteiger partial charge in [0.25, 0.3) is 0 Å². The molecule has 2 aliphatic heterocycles. The van der Waals surface area contributed by atoms with Crippen molar-refractivity contribution in [3.05, 3.63) is 29.8 Å². The van der Waals surface area contributed by atoms with Crippen LogP contribution < -0.4 is 5.46 Å². The Morgan fingerprint density at radius 2 is 1.54 bits per heavy atom. The molecule has 24 heavy (non-hydrogen) atoms. The molecule has 1 aromatic rings. The highest BCUT2D eigenvalue weighted by Crippen LogP contribution is 2.36. The maximum Gasteiger partial charge on any atom is 0.494 e. The van der Waals surface area contributed by atoms with E-state index in [1.807, 2.05) is 52.0 Å². The van der Waals surface area contributed by atoms with Crippen molar-refractivity contribution >= 4 is 18.4 Å². The minimum absolute atomic E-state index is 0.156. The van der Waals surface area contributed by atoms with E-state index in [4.69, 9.17) is 9.31 Å². The summed E-state index contributed by atoms with van der Waals surface area (Å²) in [5, 5.41) is 0. The first-order valence-corrected chi connectivity index (χ1v) is 8.88. The summed E-state index contributed by atoms with van der Waals surface area (Å²) in [6.07, 6.45) is 1.91. The van der Waals surface area contributed by atoms with Crippen LogP contribution in [0.2, 0.25) is 0 Å². The first kappa shape index (κ1) is 17.7. The first-order valence-electron chi connectivity index (χ1n) is 8.88. The molecule has 0 amide bonds. The summed E-state index contributed by atoms with van der Waals surface area (Å²) in [6, 6.07) is 7.76. The lowest BCUT2D eigenvalue weighted by Crippen LogP contribution is -2.41. The van der Waals surface area contributed by atoms with Gasteiger partial charge in [-0.05, 0) is 66.1 Å². The zero-order valence-electron chi connectivity index (χ0n) is 15.5. The topological polar surface area (TPSA) is 38.8 Å². The third-order valence-electron chi connectivity index (χ3n) is 5.81. The van der Waals surface area contributed by atoms with Crippen molar-refractivity contribution < 1.29 is 14.1 Å². The maximum atomic E-state index is 12.7. The first-order chi connectivity index (χ1) is 11.2. The smallest absolute Gasteiger partial charge is 0.399 e. The van der Waals surface area contributed by atoms with Gasteiger partial charge in [0.15, 0.2) is 5.78 Å². The second-order valence-corrected chi connectivity index (χ2v) is 8.15. The Hall–Kier alpha value is -1.17. The lowest BCUT2D eigenvalue weighted by Gasteiger charge is -2.32. The van der Waals surface area contributed by atoms with Crippen LogP contribution in [0.15, 0.2) is 24.3 Å². The second-order valence-electron chi connectivity index (χ2n) is 8.15. The number of hydrogen-bond acceptors (Lipinski definition) is 4. The van der Waals surface area contributed by atoms with Gasteiger partial charge in [-0.15, -0.1) is 0 Å². The third-order valence-corrected chi connectivity index (χ3v) is 5.81. The molecule has 0 saturated carbocycles. The predicted octanol–water partition coefficient (Wildman–Crippen LogP) is 2.51. The normalized spacial score (nSPS) is 24.3. The molecule has 3 rings (SSSR count). The standard InChI is InChI=1S/C19H28BNO3/c1-18(2)19(3,4)24-20(23-18)16-8-6-14(7-9-16)17(22)15-10-12-21(5)13-11-15/h6-9,15H,10-13H2,1-5H3. The molecule has 0 N–H and O–H groups in total. The molecular formula is C19H28BNO3. The Morgan fingerprint density at radius 3 is 2.04 bits per heavy atom. The molecule has 2 heterocycles. The molecule has 1 aromatic carbocycles. The molecule has 4 nitrogen and oxygen atoms in total. The molecule has 0 bridgehead atoms. The summed E-state index contributed by atoms with van der Waals surface area (Å²) in [5.41, 5.74) is 1.07. The number of carbonyl (C=O) groups is 1. The van der Waals surface area contributed by atoms with E-state index in [1.165, 1.54) is 0 Å². The summed E-state index contributed by atoms with van der Waals surface area (Å²) in [6.45, 7) is 10.2. The van der Waals surface area contributed by atoms with Crippen LogP contribution in [-0.2, 0) is 9.31 Å². The van der Waals surface area contributed by atoms with Crippen molar-refractivity contribution in [1.29, 1.82) is 0 Å². The molecule has 0 aliphatic carbocycles. The van der Waals surface area contributed by atoms with Crippen molar-refractivity contribution in [3.8, 4) is 0 Å². The molecule has 0 unspecified atom stereocenters. The lowest BCUT2D eigenvalue weighted by atomic mass is 9.78. The van der Waals surface area contributed by atoms with E-state index in [0.717, 1.165) is 37.0 Å². The van der Waals surface area contributed by atoms with Gasteiger partial charge in [-0.25, -0.2) is 0 Å². The summed E-state index contributed by atoms with van der Waals surface area (Å²) in [5.74, 6) is 0.424. The number of benzene rings is 1. The van der Waals surface area contributed by atoms with Crippen LogP contribution in [0.3, 0.4) is 0 Å². The van der Waals surface area contributed by atoms with Crippen molar-refractivity contribution in [2.75, 3.05) is 20.1 Å². The molecule has 0 radical (unpaired) electrons. The van der Waals surface area contributed by atoms with Crippen LogP contribution in [0.5, 0.6) is 0 Å². The van der Waals surface area contributed by atoms with Crippen molar-refractivity contribution in [3.63, 3.8) is 0 Å². The minimum Gasteiger partial charge on any atom is -0.399 e. The molecule has 2 aliphatic rings. The van der Waals surface area contributed by atoms with Gasteiger partial charge in [0.05, 0.1) is 11.2 Å². The molecule has 2 saturated heterocycles. The van der Waals surface area contributed by atoms with Crippen LogP contribution >= 0.6 is 0 Å². The summed E-state index contributed by atoms with van der Waals surface area (Å²) in [4.78, 5) is 14.9. The van der Waals surface area contributed by atoms with Gasteiger partial charge in [0.2, 0.25) is 0 Å². The van der Waals surface area contributed by atoms with E-state index in [2.05, 4.69) is 11.9 Å². The Kier molecular flexibility index (Phi) is 4.62. The van der Waals surface area contributed by atoms with Crippen LogP contribution in [0.4, 0.5) is 0 Å². The number of Topliss-reactive ketones (excluding diaryl/α,β-unsaturated/α-hetero) is 1. The van der Waals surface area contributed by atoms with E-state index in [1.54, 1.807) is 0 Å². The van der Waals surface area contributed by atoms with Crippen LogP contribution in [0, 0.1) is 5.92 Å². The molecular weight excluding hydrogens is 301 g/mol. The van der Waals surface area contributed by atoms with E-state index in [9.17, 15) is 4.79 Å². The van der Waals surface area contributed by atoms with E-state index in [0.29, 0.717) is 0 Å². The lowest BCUT2D eigenvalue weighted by molar-refractivity contribution is 0.00578. The number of piperidine rings is 1. The fourth-order valence-electron chi connectivity index (χ4n) is 3.29. The SMILES string of the molecule is CN1CCC(C(=O)c2ccc(B3OC(C)(C)C(C)(C)O3)cc2)CC1. The van der Waals surface area contributed by atoms with Gasteiger partial charge < -0.3 is 14.2 Å². The Bertz CT molecular complexity index is 588. The zero-order valence-corrected chi connectivity index (χ0v) is 15.5.